The molecule has 0 amide bonds. The van der Waals surface area contributed by atoms with Gasteiger partial charge in [0.2, 0.25) is 0 Å². The van der Waals surface area contributed by atoms with Gasteiger partial charge in [0.25, 0.3) is 0 Å². The quantitative estimate of drug-likeness (QED) is 0.210. The summed E-state index contributed by atoms with van der Waals surface area (Å²) in [6.07, 6.45) is 0. The highest BCUT2D eigenvalue weighted by atomic mass is 32.1. The van der Waals surface area contributed by atoms with Crippen molar-refractivity contribution >= 4 is 81.3 Å². The first-order valence-electron chi connectivity index (χ1n) is 14.5. The molecule has 0 radical (unpaired) electrons. The minimum absolute atomic E-state index is 0.886. The van der Waals surface area contributed by atoms with Crippen LogP contribution in [0.2, 0.25) is 0 Å². The van der Waals surface area contributed by atoms with Crippen LogP contribution >= 0.6 is 11.3 Å². The van der Waals surface area contributed by atoms with E-state index in [1.165, 1.54) is 42.1 Å². The fraction of sp³-hybridized carbons (Fsp3) is 0. The van der Waals surface area contributed by atoms with E-state index in [0.717, 1.165) is 39.0 Å². The van der Waals surface area contributed by atoms with Crippen LogP contribution in [0.3, 0.4) is 0 Å². The van der Waals surface area contributed by atoms with Gasteiger partial charge >= 0.3 is 0 Å². The molecule has 0 saturated heterocycles. The molecule has 9 rings (SSSR count). The molecule has 43 heavy (non-hydrogen) atoms. The second-order valence-electron chi connectivity index (χ2n) is 11.0. The van der Waals surface area contributed by atoms with Crippen LogP contribution in [0.15, 0.2) is 156 Å². The number of fused-ring (bicyclic) bond motifs is 7. The van der Waals surface area contributed by atoms with Crippen LogP contribution in [-0.4, -0.2) is 0 Å². The Hall–Kier alpha value is -5.38. The lowest BCUT2D eigenvalue weighted by Gasteiger charge is -2.26. The first kappa shape index (κ1) is 24.2. The third-order valence-electron chi connectivity index (χ3n) is 8.45. The van der Waals surface area contributed by atoms with Crippen LogP contribution in [0, 0.1) is 0 Å². The molecule has 9 aromatic rings. The monoisotopic (exact) mass is 567 g/mol. The smallest absolute Gasteiger partial charge is 0.137 e. The van der Waals surface area contributed by atoms with Gasteiger partial charge in [-0.3, -0.25) is 0 Å². The average molecular weight is 568 g/mol. The highest BCUT2D eigenvalue weighted by molar-refractivity contribution is 7.25. The largest absolute Gasteiger partial charge is 0.456 e. The molecule has 0 aliphatic carbocycles. The molecular formula is C40H25NOS. The Morgan fingerprint density at radius 1 is 0.395 bits per heavy atom. The molecule has 0 N–H and O–H groups in total. The van der Waals surface area contributed by atoms with Gasteiger partial charge in [0.05, 0.1) is 0 Å². The number of thiophene rings is 1. The zero-order chi connectivity index (χ0) is 28.3. The summed E-state index contributed by atoms with van der Waals surface area (Å²) in [7, 11) is 0. The predicted molar refractivity (Wildman–Crippen MR) is 184 cm³/mol. The molecule has 0 aliphatic rings. The summed E-state index contributed by atoms with van der Waals surface area (Å²) in [5.41, 5.74) is 7.48. The first-order chi connectivity index (χ1) is 21.3. The van der Waals surface area contributed by atoms with Gasteiger partial charge in [-0.05, 0) is 82.6 Å². The second kappa shape index (κ2) is 9.59. The molecule has 0 unspecified atom stereocenters. The van der Waals surface area contributed by atoms with Gasteiger partial charge in [-0.15, -0.1) is 11.3 Å². The van der Waals surface area contributed by atoms with Crippen LogP contribution in [0.5, 0.6) is 0 Å². The number of hydrogen-bond donors (Lipinski definition) is 0. The molecule has 0 spiro atoms. The number of para-hydroxylation sites is 1. The normalized spacial score (nSPS) is 11.7. The molecule has 202 valence electrons. The van der Waals surface area contributed by atoms with Crippen molar-refractivity contribution in [1.29, 1.82) is 0 Å². The molecule has 7 aromatic carbocycles. The van der Waals surface area contributed by atoms with Crippen molar-refractivity contribution in [3.8, 4) is 11.1 Å². The van der Waals surface area contributed by atoms with Crippen molar-refractivity contribution in [3.63, 3.8) is 0 Å². The van der Waals surface area contributed by atoms with E-state index >= 15 is 0 Å². The van der Waals surface area contributed by atoms with Gasteiger partial charge in [0.1, 0.15) is 11.2 Å². The summed E-state index contributed by atoms with van der Waals surface area (Å²) in [5, 5.41) is 7.35. The van der Waals surface area contributed by atoms with Crippen molar-refractivity contribution < 1.29 is 4.42 Å². The average Bonchev–Trinajstić information content (AvgIpc) is 3.63. The molecule has 0 saturated carbocycles. The third-order valence-corrected chi connectivity index (χ3v) is 9.60. The molecule has 2 aromatic heterocycles. The standard InChI is InChI=1S/C40H25NOS/c1-2-8-28-23-31(19-15-26(28)7-1)41(32-20-21-34-33-9-3-5-11-37(33)42-38(34)25-32)30-17-13-27(14-18-30)29-16-22-40-36(24-29)35-10-4-6-12-39(35)43-40/h1-25H. The van der Waals surface area contributed by atoms with Gasteiger partial charge in [0, 0.05) is 54.1 Å². The number of benzene rings is 7. The van der Waals surface area contributed by atoms with Gasteiger partial charge in [0.15, 0.2) is 0 Å². The van der Waals surface area contributed by atoms with E-state index in [9.17, 15) is 0 Å². The highest BCUT2D eigenvalue weighted by Crippen LogP contribution is 2.41. The Kier molecular flexibility index (Phi) is 5.40. The maximum Gasteiger partial charge on any atom is 0.137 e. The lowest BCUT2D eigenvalue weighted by molar-refractivity contribution is 0.669. The summed E-state index contributed by atoms with van der Waals surface area (Å²) in [6.45, 7) is 0. The molecule has 3 heteroatoms. The molecule has 0 atom stereocenters. The Balaban J connectivity index is 1.17. The number of rotatable bonds is 4. The summed E-state index contributed by atoms with van der Waals surface area (Å²) in [6, 6.07) is 54.4. The maximum absolute atomic E-state index is 6.30. The fourth-order valence-electron chi connectivity index (χ4n) is 6.33. The van der Waals surface area contributed by atoms with E-state index in [1.807, 2.05) is 23.5 Å². The lowest BCUT2D eigenvalue weighted by Crippen LogP contribution is -2.09. The van der Waals surface area contributed by atoms with Crippen molar-refractivity contribution in [2.24, 2.45) is 0 Å². The lowest BCUT2D eigenvalue weighted by atomic mass is 10.0. The van der Waals surface area contributed by atoms with Crippen molar-refractivity contribution in [2.75, 3.05) is 4.90 Å². The van der Waals surface area contributed by atoms with Gasteiger partial charge in [-0.25, -0.2) is 0 Å². The van der Waals surface area contributed by atoms with Crippen LogP contribution in [0.1, 0.15) is 0 Å². The van der Waals surface area contributed by atoms with Crippen LogP contribution < -0.4 is 4.90 Å². The minimum atomic E-state index is 0.886. The number of nitrogens with zero attached hydrogens (tertiary/aromatic N) is 1. The number of anilines is 3. The number of hydrogen-bond acceptors (Lipinski definition) is 3. The Bertz CT molecular complexity index is 2470. The Labute approximate surface area is 252 Å². The van der Waals surface area contributed by atoms with Crippen LogP contribution in [-0.2, 0) is 0 Å². The van der Waals surface area contributed by atoms with E-state index < -0.39 is 0 Å². The zero-order valence-electron chi connectivity index (χ0n) is 23.2. The predicted octanol–water partition coefficient (Wildman–Crippen LogP) is 12.2. The van der Waals surface area contributed by atoms with Crippen LogP contribution in [0.4, 0.5) is 17.1 Å². The van der Waals surface area contributed by atoms with Crippen molar-refractivity contribution in [1.82, 2.24) is 0 Å². The van der Waals surface area contributed by atoms with Gasteiger partial charge in [-0.2, -0.15) is 0 Å². The highest BCUT2D eigenvalue weighted by Gasteiger charge is 2.16. The van der Waals surface area contributed by atoms with E-state index in [0.29, 0.717) is 0 Å². The second-order valence-corrected chi connectivity index (χ2v) is 12.1. The summed E-state index contributed by atoms with van der Waals surface area (Å²) in [5.74, 6) is 0. The van der Waals surface area contributed by atoms with E-state index in [1.54, 1.807) is 0 Å². The van der Waals surface area contributed by atoms with Crippen molar-refractivity contribution in [2.45, 2.75) is 0 Å². The molecular weight excluding hydrogens is 543 g/mol. The Morgan fingerprint density at radius 2 is 1.05 bits per heavy atom. The minimum Gasteiger partial charge on any atom is -0.456 e. The third kappa shape index (κ3) is 4.01. The molecule has 2 nitrogen and oxygen atoms in total. The van der Waals surface area contributed by atoms with Gasteiger partial charge in [-0.1, -0.05) is 84.9 Å². The zero-order valence-corrected chi connectivity index (χ0v) is 24.0. The molecule has 0 aliphatic heterocycles. The molecule has 0 fully saturated rings. The summed E-state index contributed by atoms with van der Waals surface area (Å²) in [4.78, 5) is 2.32. The Morgan fingerprint density at radius 3 is 1.95 bits per heavy atom. The van der Waals surface area contributed by atoms with Crippen LogP contribution in [0.25, 0.3) is 64.0 Å². The van der Waals surface area contributed by atoms with Gasteiger partial charge < -0.3 is 9.32 Å². The topological polar surface area (TPSA) is 16.4 Å². The maximum atomic E-state index is 6.30. The molecule has 0 bridgehead atoms. The summed E-state index contributed by atoms with van der Waals surface area (Å²) < 4.78 is 8.95. The summed E-state index contributed by atoms with van der Waals surface area (Å²) >= 11 is 1.86. The first-order valence-corrected chi connectivity index (χ1v) is 15.3. The number of furan rings is 1. The van der Waals surface area contributed by atoms with E-state index in [2.05, 4.69) is 144 Å². The van der Waals surface area contributed by atoms with E-state index in [4.69, 9.17) is 4.42 Å². The molecule has 2 heterocycles. The SMILES string of the molecule is c1ccc2cc(N(c3ccc(-c4ccc5sc6ccccc6c5c4)cc3)c3ccc4c(c3)oc3ccccc34)ccc2c1. The fourth-order valence-corrected chi connectivity index (χ4v) is 7.41. The van der Waals surface area contributed by atoms with Crippen molar-refractivity contribution in [3.05, 3.63) is 152 Å². The van der Waals surface area contributed by atoms with E-state index in [-0.39, 0.29) is 0 Å².